The van der Waals surface area contributed by atoms with Gasteiger partial charge >= 0.3 is 6.01 Å². The average Bonchev–Trinajstić information content (AvgIpc) is 2.97. The van der Waals surface area contributed by atoms with E-state index < -0.39 is 0 Å². The van der Waals surface area contributed by atoms with Crippen LogP contribution in [0.3, 0.4) is 0 Å². The smallest absolute Gasteiger partial charge is 0.316 e. The molecular weight excluding hydrogens is 543 g/mol. The van der Waals surface area contributed by atoms with E-state index in [0.717, 1.165) is 37.1 Å². The van der Waals surface area contributed by atoms with Crippen LogP contribution in [0.15, 0.2) is 42.7 Å². The maximum Gasteiger partial charge on any atom is 0.316 e. The highest BCUT2D eigenvalue weighted by atomic mass is 35.5. The first kappa shape index (κ1) is 28.7. The molecule has 11 heteroatoms. The molecule has 0 radical (unpaired) electrons. The van der Waals surface area contributed by atoms with Gasteiger partial charge in [0, 0.05) is 24.0 Å². The Balaban J connectivity index is 1.41. The molecule has 2 aromatic carbocycles. The van der Waals surface area contributed by atoms with Crippen LogP contribution in [-0.4, -0.2) is 62.9 Å². The van der Waals surface area contributed by atoms with Gasteiger partial charge in [-0.2, -0.15) is 0 Å². The van der Waals surface area contributed by atoms with Gasteiger partial charge in [-0.25, -0.2) is 9.97 Å². The summed E-state index contributed by atoms with van der Waals surface area (Å²) in [5.41, 5.74) is 2.39. The third-order valence-corrected chi connectivity index (χ3v) is 7.54. The van der Waals surface area contributed by atoms with Gasteiger partial charge in [0.25, 0.3) is 5.91 Å². The zero-order chi connectivity index (χ0) is 27.8. The summed E-state index contributed by atoms with van der Waals surface area (Å²) in [7, 11) is 4.66. The minimum atomic E-state index is -0.263. The van der Waals surface area contributed by atoms with Crippen molar-refractivity contribution in [2.45, 2.75) is 25.3 Å². The summed E-state index contributed by atoms with van der Waals surface area (Å²) in [4.78, 5) is 21.4. The molecule has 9 nitrogen and oxygen atoms in total. The first-order valence-corrected chi connectivity index (χ1v) is 13.4. The lowest BCUT2D eigenvalue weighted by atomic mass is 9.87. The number of hydrogen-bond donors (Lipinski definition) is 2. The fourth-order valence-electron chi connectivity index (χ4n) is 4.67. The maximum atomic E-state index is 12.9. The van der Waals surface area contributed by atoms with Crippen molar-refractivity contribution in [2.24, 2.45) is 5.92 Å². The number of benzene rings is 2. The minimum absolute atomic E-state index is 0.0927. The number of carbonyl (C=O) groups is 1. The summed E-state index contributed by atoms with van der Waals surface area (Å²) in [6.07, 6.45) is 5.83. The number of hydrogen-bond acceptors (Lipinski definition) is 8. The van der Waals surface area contributed by atoms with E-state index in [-0.39, 0.29) is 30.5 Å². The highest BCUT2D eigenvalue weighted by Gasteiger charge is 2.26. The Hall–Kier alpha value is -3.27. The van der Waals surface area contributed by atoms with E-state index in [1.54, 1.807) is 51.9 Å². The molecule has 2 unspecified atom stereocenters. The lowest BCUT2D eigenvalue weighted by molar-refractivity contribution is -0.124. The molecule has 1 amide bonds. The van der Waals surface area contributed by atoms with E-state index in [0.29, 0.717) is 39.3 Å². The van der Waals surface area contributed by atoms with Crippen molar-refractivity contribution in [1.82, 2.24) is 20.6 Å². The molecule has 2 atom stereocenters. The van der Waals surface area contributed by atoms with Crippen molar-refractivity contribution >= 4 is 29.1 Å². The lowest BCUT2D eigenvalue weighted by Crippen LogP contribution is -2.48. The molecule has 208 valence electrons. The van der Waals surface area contributed by atoms with Gasteiger partial charge in [-0.15, -0.1) is 0 Å². The van der Waals surface area contributed by atoms with Crippen LogP contribution in [0, 0.1) is 5.92 Å². The molecule has 2 N–H and O–H groups in total. The van der Waals surface area contributed by atoms with Crippen LogP contribution in [0.25, 0.3) is 11.1 Å². The largest absolute Gasteiger partial charge is 0.493 e. The van der Waals surface area contributed by atoms with Gasteiger partial charge < -0.3 is 29.6 Å². The second-order valence-corrected chi connectivity index (χ2v) is 9.94. The van der Waals surface area contributed by atoms with Gasteiger partial charge in [0.2, 0.25) is 5.75 Å². The zero-order valence-electron chi connectivity index (χ0n) is 22.1. The monoisotopic (exact) mass is 574 g/mol. The Kier molecular flexibility index (Phi) is 10.1. The van der Waals surface area contributed by atoms with Crippen molar-refractivity contribution in [3.05, 3.63) is 58.3 Å². The number of nitrogens with one attached hydrogen (secondary N) is 2. The molecule has 4 rings (SSSR count). The van der Waals surface area contributed by atoms with E-state index in [9.17, 15) is 4.79 Å². The number of rotatable bonds is 11. The zero-order valence-corrected chi connectivity index (χ0v) is 23.6. The van der Waals surface area contributed by atoms with E-state index in [1.165, 1.54) is 0 Å². The van der Waals surface area contributed by atoms with E-state index >= 15 is 0 Å². The van der Waals surface area contributed by atoms with Gasteiger partial charge in [-0.3, -0.25) is 4.79 Å². The molecule has 39 heavy (non-hydrogen) atoms. The summed E-state index contributed by atoms with van der Waals surface area (Å²) >= 11 is 12.7. The summed E-state index contributed by atoms with van der Waals surface area (Å²) in [5.74, 6) is 1.53. The van der Waals surface area contributed by atoms with Gasteiger partial charge in [-0.1, -0.05) is 35.3 Å². The van der Waals surface area contributed by atoms with E-state index in [1.807, 2.05) is 12.1 Å². The van der Waals surface area contributed by atoms with Crippen molar-refractivity contribution in [3.8, 4) is 34.4 Å². The number of carbonyl (C=O) groups excluding carboxylic acids is 1. The van der Waals surface area contributed by atoms with Crippen molar-refractivity contribution in [2.75, 3.05) is 41.0 Å². The summed E-state index contributed by atoms with van der Waals surface area (Å²) in [6.45, 7) is 1.57. The molecule has 3 aromatic rings. The average molecular weight is 575 g/mol. The van der Waals surface area contributed by atoms with Gasteiger partial charge in [-0.05, 0) is 67.6 Å². The normalized spacial score (nSPS) is 15.8. The Labute approximate surface area is 238 Å². The molecule has 1 saturated heterocycles. The van der Waals surface area contributed by atoms with Crippen molar-refractivity contribution in [1.29, 1.82) is 0 Å². The van der Waals surface area contributed by atoms with Gasteiger partial charge in [0.15, 0.2) is 18.1 Å². The molecule has 1 fully saturated rings. The maximum absolute atomic E-state index is 12.9. The predicted octanol–water partition coefficient (Wildman–Crippen LogP) is 4.58. The van der Waals surface area contributed by atoms with Crippen LogP contribution in [0.1, 0.15) is 18.4 Å². The summed E-state index contributed by atoms with van der Waals surface area (Å²) in [6, 6.07) is 9.13. The third kappa shape index (κ3) is 7.23. The molecule has 0 bridgehead atoms. The molecule has 0 aliphatic carbocycles. The Morgan fingerprint density at radius 1 is 1.08 bits per heavy atom. The quantitative estimate of drug-likeness (QED) is 0.343. The predicted molar refractivity (Wildman–Crippen MR) is 150 cm³/mol. The molecular formula is C28H32Cl2N4O5. The van der Waals surface area contributed by atoms with Crippen LogP contribution >= 0.6 is 23.2 Å². The van der Waals surface area contributed by atoms with Crippen LogP contribution in [-0.2, 0) is 11.2 Å². The highest BCUT2D eigenvalue weighted by molar-refractivity contribution is 6.42. The summed E-state index contributed by atoms with van der Waals surface area (Å²) < 4.78 is 21.8. The number of nitrogens with zero attached hydrogens (tertiary/aromatic N) is 2. The Morgan fingerprint density at radius 3 is 2.41 bits per heavy atom. The molecule has 0 saturated carbocycles. The highest BCUT2D eigenvalue weighted by Crippen LogP contribution is 2.41. The number of halogens is 2. The second kappa shape index (κ2) is 13.7. The van der Waals surface area contributed by atoms with E-state index in [4.69, 9.17) is 42.1 Å². The van der Waals surface area contributed by atoms with Crippen molar-refractivity contribution < 1.29 is 23.7 Å². The third-order valence-electron chi connectivity index (χ3n) is 6.68. The first-order valence-electron chi connectivity index (χ1n) is 12.6. The Morgan fingerprint density at radius 2 is 1.79 bits per heavy atom. The van der Waals surface area contributed by atoms with Crippen LogP contribution in [0.4, 0.5) is 0 Å². The number of amides is 1. The molecule has 1 aliphatic rings. The SMILES string of the molecule is COc1cc(-c2cnc(OCC(=O)NC(Cc3cccc(Cl)c3Cl)C3CCCNC3)nc2)cc(OC)c1OC. The molecule has 1 aromatic heterocycles. The topological polar surface area (TPSA) is 104 Å². The van der Waals surface area contributed by atoms with Gasteiger partial charge in [0.1, 0.15) is 0 Å². The fourth-order valence-corrected chi connectivity index (χ4v) is 5.06. The van der Waals surface area contributed by atoms with Crippen molar-refractivity contribution in [3.63, 3.8) is 0 Å². The van der Waals surface area contributed by atoms with Crippen LogP contribution in [0.2, 0.25) is 10.0 Å². The molecule has 2 heterocycles. The second-order valence-electron chi connectivity index (χ2n) is 9.15. The molecule has 0 spiro atoms. The van der Waals surface area contributed by atoms with Crippen LogP contribution < -0.4 is 29.6 Å². The number of methoxy groups -OCH3 is 3. The number of piperidine rings is 1. The van der Waals surface area contributed by atoms with E-state index in [2.05, 4.69) is 20.6 Å². The summed E-state index contributed by atoms with van der Waals surface area (Å²) in [5, 5.41) is 7.55. The standard InChI is InChI=1S/C28H32Cl2N4O5/c1-36-23-11-19(12-24(37-2)27(23)38-3)20-14-32-28(33-15-20)39-16-25(35)34-22(18-7-5-9-31-13-18)10-17-6-4-8-21(29)26(17)30/h4,6,8,11-12,14-15,18,22,31H,5,7,9-10,13,16H2,1-3H3,(H,34,35). The molecule has 1 aliphatic heterocycles. The first-order chi connectivity index (χ1) is 18.9. The van der Waals surface area contributed by atoms with Crippen LogP contribution in [0.5, 0.6) is 23.3 Å². The van der Waals surface area contributed by atoms with Gasteiger partial charge in [0.05, 0.1) is 31.4 Å². The minimum Gasteiger partial charge on any atom is -0.493 e. The Bertz CT molecular complexity index is 1240. The fraction of sp³-hybridized carbons (Fsp3) is 0.393. The number of ether oxygens (including phenoxy) is 4. The number of aromatic nitrogens is 2. The lowest BCUT2D eigenvalue weighted by Gasteiger charge is -2.32.